The van der Waals surface area contributed by atoms with Gasteiger partial charge >= 0.3 is 0 Å². The van der Waals surface area contributed by atoms with Gasteiger partial charge in [0.25, 0.3) is 0 Å². The normalized spacial score (nSPS) is 17.5. The number of benzene rings is 3. The maximum Gasteiger partial charge on any atom is 0.145 e. The molecule has 0 radical (unpaired) electrons. The van der Waals surface area contributed by atoms with E-state index in [-0.39, 0.29) is 6.04 Å². The van der Waals surface area contributed by atoms with E-state index >= 15 is 0 Å². The van der Waals surface area contributed by atoms with Crippen LogP contribution in [-0.4, -0.2) is 59.0 Å². The standard InChI is InChI=1S/C30H33N5/c1-3-11-24(12-4-1)29(25-13-5-2-6-14-25)34-19-21-35(22-20-34)30-26-15-7-8-16-27(26)31-28(32-30)23-33-17-9-10-18-33/h1-8,11-16,29H,9-10,17-23H2. The Morgan fingerprint density at radius 2 is 1.23 bits per heavy atom. The largest absolute Gasteiger partial charge is 0.353 e. The number of piperazine rings is 1. The summed E-state index contributed by atoms with van der Waals surface area (Å²) in [6.45, 7) is 7.07. The summed E-state index contributed by atoms with van der Waals surface area (Å²) in [5.41, 5.74) is 3.76. The van der Waals surface area contributed by atoms with Gasteiger partial charge in [-0.15, -0.1) is 0 Å². The van der Waals surface area contributed by atoms with Crippen LogP contribution in [-0.2, 0) is 6.54 Å². The average Bonchev–Trinajstić information content (AvgIpc) is 3.43. The van der Waals surface area contributed by atoms with Gasteiger partial charge in [-0.2, -0.15) is 0 Å². The fourth-order valence-electron chi connectivity index (χ4n) is 5.64. The van der Waals surface area contributed by atoms with E-state index < -0.39 is 0 Å². The van der Waals surface area contributed by atoms with Crippen LogP contribution in [0.15, 0.2) is 84.9 Å². The molecule has 0 amide bonds. The second-order valence-corrected chi connectivity index (χ2v) is 9.71. The van der Waals surface area contributed by atoms with Gasteiger partial charge in [0.2, 0.25) is 0 Å². The molecule has 1 aromatic heterocycles. The highest BCUT2D eigenvalue weighted by atomic mass is 15.3. The number of nitrogens with zero attached hydrogens (tertiary/aromatic N) is 5. The molecule has 0 unspecified atom stereocenters. The van der Waals surface area contributed by atoms with E-state index in [1.807, 2.05) is 0 Å². The van der Waals surface area contributed by atoms with Gasteiger partial charge in [0, 0.05) is 31.6 Å². The van der Waals surface area contributed by atoms with Gasteiger partial charge in [-0.25, -0.2) is 9.97 Å². The van der Waals surface area contributed by atoms with Crippen molar-refractivity contribution in [3.63, 3.8) is 0 Å². The van der Waals surface area contributed by atoms with Gasteiger partial charge in [0.15, 0.2) is 0 Å². The van der Waals surface area contributed by atoms with E-state index in [0.29, 0.717) is 0 Å². The van der Waals surface area contributed by atoms with E-state index in [4.69, 9.17) is 9.97 Å². The quantitative estimate of drug-likeness (QED) is 0.396. The van der Waals surface area contributed by atoms with Gasteiger partial charge in [0.05, 0.1) is 18.1 Å². The van der Waals surface area contributed by atoms with Crippen molar-refractivity contribution in [2.24, 2.45) is 0 Å². The lowest BCUT2D eigenvalue weighted by molar-refractivity contribution is 0.212. The predicted molar refractivity (Wildman–Crippen MR) is 143 cm³/mol. The Morgan fingerprint density at radius 3 is 1.89 bits per heavy atom. The molecule has 5 nitrogen and oxygen atoms in total. The molecule has 2 saturated heterocycles. The number of fused-ring (bicyclic) bond motifs is 1. The van der Waals surface area contributed by atoms with Crippen molar-refractivity contribution in [3.8, 4) is 0 Å². The molecule has 2 aliphatic heterocycles. The Balaban J connectivity index is 1.26. The Labute approximate surface area is 208 Å². The summed E-state index contributed by atoms with van der Waals surface area (Å²) in [6, 6.07) is 30.6. The number of para-hydroxylation sites is 1. The second-order valence-electron chi connectivity index (χ2n) is 9.71. The minimum absolute atomic E-state index is 0.271. The molecule has 0 saturated carbocycles. The van der Waals surface area contributed by atoms with Crippen molar-refractivity contribution >= 4 is 16.7 Å². The first-order chi connectivity index (χ1) is 17.3. The highest BCUT2D eigenvalue weighted by molar-refractivity contribution is 5.89. The van der Waals surface area contributed by atoms with E-state index in [1.54, 1.807) is 0 Å². The molecule has 3 heterocycles. The van der Waals surface area contributed by atoms with Crippen molar-refractivity contribution < 1.29 is 0 Å². The van der Waals surface area contributed by atoms with Crippen LogP contribution in [0, 0.1) is 0 Å². The Hall–Kier alpha value is -3.28. The smallest absolute Gasteiger partial charge is 0.145 e. The summed E-state index contributed by atoms with van der Waals surface area (Å²) in [7, 11) is 0. The molecule has 5 heteroatoms. The van der Waals surface area contributed by atoms with Crippen LogP contribution < -0.4 is 4.90 Å². The van der Waals surface area contributed by atoms with Crippen LogP contribution >= 0.6 is 0 Å². The third-order valence-corrected chi connectivity index (χ3v) is 7.40. The van der Waals surface area contributed by atoms with Crippen LogP contribution in [0.4, 0.5) is 5.82 Å². The molecule has 2 aliphatic rings. The predicted octanol–water partition coefficient (Wildman–Crippen LogP) is 5.14. The van der Waals surface area contributed by atoms with Crippen molar-refractivity contribution in [1.29, 1.82) is 0 Å². The van der Waals surface area contributed by atoms with Crippen molar-refractivity contribution in [2.75, 3.05) is 44.2 Å². The van der Waals surface area contributed by atoms with Crippen molar-refractivity contribution in [1.82, 2.24) is 19.8 Å². The van der Waals surface area contributed by atoms with E-state index in [1.165, 1.54) is 24.0 Å². The van der Waals surface area contributed by atoms with E-state index in [2.05, 4.69) is 99.6 Å². The van der Waals surface area contributed by atoms with Crippen LogP contribution in [0.2, 0.25) is 0 Å². The molecule has 6 rings (SSSR count). The maximum atomic E-state index is 5.13. The Bertz CT molecular complexity index is 1210. The van der Waals surface area contributed by atoms with E-state index in [9.17, 15) is 0 Å². The number of likely N-dealkylation sites (tertiary alicyclic amines) is 1. The summed E-state index contributed by atoms with van der Waals surface area (Å²) in [5.74, 6) is 2.05. The zero-order valence-corrected chi connectivity index (χ0v) is 20.3. The van der Waals surface area contributed by atoms with Gasteiger partial charge in [-0.05, 0) is 49.2 Å². The maximum absolute atomic E-state index is 5.13. The number of hydrogen-bond acceptors (Lipinski definition) is 5. The molecule has 0 spiro atoms. The number of anilines is 1. The lowest BCUT2D eigenvalue weighted by Gasteiger charge is -2.40. The van der Waals surface area contributed by atoms with Crippen molar-refractivity contribution in [3.05, 3.63) is 102 Å². The Kier molecular flexibility index (Phi) is 6.43. The molecule has 4 aromatic rings. The third-order valence-electron chi connectivity index (χ3n) is 7.40. The summed E-state index contributed by atoms with van der Waals surface area (Å²) in [5, 5.41) is 1.16. The lowest BCUT2D eigenvalue weighted by Crippen LogP contribution is -2.48. The molecule has 35 heavy (non-hydrogen) atoms. The van der Waals surface area contributed by atoms with Crippen LogP contribution in [0.5, 0.6) is 0 Å². The van der Waals surface area contributed by atoms with E-state index in [0.717, 1.165) is 68.4 Å². The molecule has 178 valence electrons. The minimum Gasteiger partial charge on any atom is -0.353 e. The molecule has 3 aromatic carbocycles. The summed E-state index contributed by atoms with van der Waals surface area (Å²) >= 11 is 0. The molecule has 0 aliphatic carbocycles. The van der Waals surface area contributed by atoms with Gasteiger partial charge in [-0.3, -0.25) is 9.80 Å². The SMILES string of the molecule is c1ccc(C(c2ccccc2)N2CCN(c3nc(CN4CCCC4)nc4ccccc34)CC2)cc1. The molecular weight excluding hydrogens is 430 g/mol. The second kappa shape index (κ2) is 10.1. The van der Waals surface area contributed by atoms with Gasteiger partial charge < -0.3 is 4.90 Å². The lowest BCUT2D eigenvalue weighted by atomic mass is 9.96. The molecule has 0 bridgehead atoms. The number of aromatic nitrogens is 2. The van der Waals surface area contributed by atoms with Crippen LogP contribution in [0.1, 0.15) is 35.8 Å². The first-order valence-corrected chi connectivity index (χ1v) is 12.9. The van der Waals surface area contributed by atoms with Gasteiger partial charge in [0.1, 0.15) is 11.6 Å². The fraction of sp³-hybridized carbons (Fsp3) is 0.333. The fourth-order valence-corrected chi connectivity index (χ4v) is 5.64. The summed E-state index contributed by atoms with van der Waals surface area (Å²) in [6.07, 6.45) is 2.57. The first kappa shape index (κ1) is 22.2. The van der Waals surface area contributed by atoms with Crippen molar-refractivity contribution in [2.45, 2.75) is 25.4 Å². The first-order valence-electron chi connectivity index (χ1n) is 12.9. The summed E-state index contributed by atoms with van der Waals surface area (Å²) in [4.78, 5) is 17.6. The van der Waals surface area contributed by atoms with Crippen LogP contribution in [0.3, 0.4) is 0 Å². The number of rotatable bonds is 6. The topological polar surface area (TPSA) is 35.5 Å². The highest BCUT2D eigenvalue weighted by Crippen LogP contribution is 2.31. The third kappa shape index (κ3) is 4.79. The Morgan fingerprint density at radius 1 is 0.629 bits per heavy atom. The zero-order valence-electron chi connectivity index (χ0n) is 20.3. The molecule has 2 fully saturated rings. The average molecular weight is 464 g/mol. The summed E-state index contributed by atoms with van der Waals surface area (Å²) < 4.78 is 0. The monoisotopic (exact) mass is 463 g/mol. The molecule has 0 N–H and O–H groups in total. The minimum atomic E-state index is 0.271. The highest BCUT2D eigenvalue weighted by Gasteiger charge is 2.28. The number of hydrogen-bond donors (Lipinski definition) is 0. The van der Waals surface area contributed by atoms with Gasteiger partial charge in [-0.1, -0.05) is 72.8 Å². The zero-order chi connectivity index (χ0) is 23.5. The molecule has 0 atom stereocenters. The van der Waals surface area contributed by atoms with Crippen LogP contribution in [0.25, 0.3) is 10.9 Å². The molecular formula is C30H33N5.